The summed E-state index contributed by atoms with van der Waals surface area (Å²) in [5.41, 5.74) is 1.72. The summed E-state index contributed by atoms with van der Waals surface area (Å²) in [6.07, 6.45) is 5.16. The minimum absolute atomic E-state index is 0.00559. The van der Waals surface area contributed by atoms with E-state index in [1.807, 2.05) is 58.1 Å². The first-order valence-corrected chi connectivity index (χ1v) is 9.02. The van der Waals surface area contributed by atoms with Crippen LogP contribution < -0.4 is 5.32 Å². The van der Waals surface area contributed by atoms with Gasteiger partial charge in [0.15, 0.2) is 0 Å². The van der Waals surface area contributed by atoms with Gasteiger partial charge in [-0.25, -0.2) is 0 Å². The Hall–Kier alpha value is -2.40. The number of benzene rings is 1. The average Bonchev–Trinajstić information content (AvgIpc) is 3.14. The van der Waals surface area contributed by atoms with E-state index < -0.39 is 0 Å². The van der Waals surface area contributed by atoms with Crippen LogP contribution in [0.4, 0.5) is 0 Å². The van der Waals surface area contributed by atoms with Crippen molar-refractivity contribution in [3.05, 3.63) is 64.4 Å². The lowest BCUT2D eigenvalue weighted by molar-refractivity contribution is -0.117. The Morgan fingerprint density at radius 2 is 2.04 bits per heavy atom. The second-order valence-electron chi connectivity index (χ2n) is 5.85. The van der Waals surface area contributed by atoms with E-state index >= 15 is 0 Å². The highest BCUT2D eigenvalue weighted by Gasteiger charge is 2.24. The first kappa shape index (κ1) is 16.5. The smallest absolute Gasteiger partial charge is 0.253 e. The van der Waals surface area contributed by atoms with Gasteiger partial charge in [-0.3, -0.25) is 9.59 Å². The molecular weight excluding hydrogens is 320 g/mol. The highest BCUT2D eigenvalue weighted by atomic mass is 32.1. The lowest BCUT2D eigenvalue weighted by Crippen LogP contribution is -2.49. The Balaban J connectivity index is 1.55. The summed E-state index contributed by atoms with van der Waals surface area (Å²) in [6.45, 7) is 1.30. The zero-order chi connectivity index (χ0) is 16.8. The molecule has 1 atom stereocenters. The van der Waals surface area contributed by atoms with E-state index in [1.54, 1.807) is 17.4 Å². The van der Waals surface area contributed by atoms with Crippen LogP contribution in [0.25, 0.3) is 6.08 Å². The van der Waals surface area contributed by atoms with Crippen molar-refractivity contribution in [2.24, 2.45) is 0 Å². The first-order chi connectivity index (χ1) is 11.7. The van der Waals surface area contributed by atoms with Crippen LogP contribution in [-0.4, -0.2) is 35.8 Å². The molecule has 1 aliphatic heterocycles. The second kappa shape index (κ2) is 7.93. The molecule has 0 radical (unpaired) electrons. The summed E-state index contributed by atoms with van der Waals surface area (Å²) in [6, 6.07) is 11.3. The largest absolute Gasteiger partial charge is 0.348 e. The van der Waals surface area contributed by atoms with E-state index in [2.05, 4.69) is 5.32 Å². The maximum atomic E-state index is 12.5. The van der Waals surface area contributed by atoms with E-state index in [-0.39, 0.29) is 17.9 Å². The Morgan fingerprint density at radius 3 is 2.79 bits per heavy atom. The fraction of sp³-hybridized carbons (Fsp3) is 0.263. The van der Waals surface area contributed by atoms with Crippen LogP contribution in [0.1, 0.15) is 28.8 Å². The Bertz CT molecular complexity index is 710. The summed E-state index contributed by atoms with van der Waals surface area (Å²) >= 11 is 1.60. The van der Waals surface area contributed by atoms with Gasteiger partial charge in [0.2, 0.25) is 5.91 Å². The molecule has 1 saturated heterocycles. The second-order valence-corrected chi connectivity index (χ2v) is 6.63. The molecule has 1 fully saturated rings. The molecule has 0 spiro atoms. The number of nitrogens with one attached hydrogen (secondary N) is 1. The Labute approximate surface area is 145 Å². The molecule has 0 unspecified atom stereocenters. The van der Waals surface area contributed by atoms with Crippen molar-refractivity contribution < 1.29 is 9.59 Å². The van der Waals surface area contributed by atoms with Gasteiger partial charge in [-0.2, -0.15) is 11.3 Å². The van der Waals surface area contributed by atoms with Crippen molar-refractivity contribution in [1.82, 2.24) is 10.2 Å². The third kappa shape index (κ3) is 4.32. The molecule has 124 valence electrons. The minimum Gasteiger partial charge on any atom is -0.348 e. The summed E-state index contributed by atoms with van der Waals surface area (Å²) in [5.74, 6) is -0.0800. The number of thiophene rings is 1. The number of likely N-dealkylation sites (tertiary alicyclic amines) is 1. The zero-order valence-corrected chi connectivity index (χ0v) is 14.2. The predicted octanol–water partition coefficient (Wildman–Crippen LogP) is 3.18. The first-order valence-electron chi connectivity index (χ1n) is 8.07. The van der Waals surface area contributed by atoms with Crippen LogP contribution in [0.15, 0.2) is 53.2 Å². The molecule has 0 bridgehead atoms. The van der Waals surface area contributed by atoms with Crippen molar-refractivity contribution in [2.45, 2.75) is 18.9 Å². The molecule has 0 aliphatic carbocycles. The highest BCUT2D eigenvalue weighted by Crippen LogP contribution is 2.14. The number of carbonyl (C=O) groups excluding carboxylic acids is 2. The summed E-state index contributed by atoms with van der Waals surface area (Å²) in [4.78, 5) is 26.4. The average molecular weight is 340 g/mol. The van der Waals surface area contributed by atoms with Gasteiger partial charge in [0.1, 0.15) is 0 Å². The van der Waals surface area contributed by atoms with E-state index in [0.717, 1.165) is 24.9 Å². The fourth-order valence-electron chi connectivity index (χ4n) is 2.83. The number of hydrogen-bond donors (Lipinski definition) is 1. The van der Waals surface area contributed by atoms with Crippen molar-refractivity contribution in [3.63, 3.8) is 0 Å². The lowest BCUT2D eigenvalue weighted by atomic mass is 10.0. The normalized spacial score (nSPS) is 17.8. The van der Waals surface area contributed by atoms with Gasteiger partial charge < -0.3 is 10.2 Å². The molecule has 2 heterocycles. The van der Waals surface area contributed by atoms with Crippen molar-refractivity contribution in [3.8, 4) is 0 Å². The van der Waals surface area contributed by atoms with Crippen LogP contribution in [0.2, 0.25) is 0 Å². The number of carbonyl (C=O) groups is 2. The minimum atomic E-state index is -0.111. The van der Waals surface area contributed by atoms with Crippen LogP contribution in [0.5, 0.6) is 0 Å². The number of piperidine rings is 1. The number of rotatable bonds is 4. The zero-order valence-electron chi connectivity index (χ0n) is 13.4. The van der Waals surface area contributed by atoms with Crippen LogP contribution in [-0.2, 0) is 4.79 Å². The van der Waals surface area contributed by atoms with Gasteiger partial charge in [0.05, 0.1) is 0 Å². The van der Waals surface area contributed by atoms with Gasteiger partial charge in [0.25, 0.3) is 5.91 Å². The maximum Gasteiger partial charge on any atom is 0.253 e. The maximum absolute atomic E-state index is 12.5. The summed E-state index contributed by atoms with van der Waals surface area (Å²) < 4.78 is 0. The third-order valence-electron chi connectivity index (χ3n) is 4.05. The van der Waals surface area contributed by atoms with Gasteiger partial charge in [-0.05, 0) is 53.4 Å². The molecule has 2 amide bonds. The van der Waals surface area contributed by atoms with Gasteiger partial charge in [-0.1, -0.05) is 18.2 Å². The lowest BCUT2D eigenvalue weighted by Gasteiger charge is -2.33. The van der Waals surface area contributed by atoms with E-state index in [4.69, 9.17) is 0 Å². The number of hydrogen-bond acceptors (Lipinski definition) is 3. The molecule has 3 rings (SSSR count). The molecule has 4 nitrogen and oxygen atoms in total. The molecule has 2 aromatic rings. The third-order valence-corrected chi connectivity index (χ3v) is 4.75. The number of nitrogens with zero attached hydrogens (tertiary/aromatic N) is 1. The van der Waals surface area contributed by atoms with Crippen LogP contribution in [0.3, 0.4) is 0 Å². The topological polar surface area (TPSA) is 49.4 Å². The highest BCUT2D eigenvalue weighted by molar-refractivity contribution is 7.08. The van der Waals surface area contributed by atoms with Crippen molar-refractivity contribution in [2.75, 3.05) is 13.1 Å². The predicted molar refractivity (Wildman–Crippen MR) is 96.9 cm³/mol. The number of amides is 2. The van der Waals surface area contributed by atoms with Crippen LogP contribution >= 0.6 is 11.3 Å². The van der Waals surface area contributed by atoms with E-state index in [9.17, 15) is 9.59 Å². The molecule has 0 saturated carbocycles. The van der Waals surface area contributed by atoms with Gasteiger partial charge in [-0.15, -0.1) is 0 Å². The Kier molecular flexibility index (Phi) is 5.43. The van der Waals surface area contributed by atoms with E-state index in [0.29, 0.717) is 12.1 Å². The van der Waals surface area contributed by atoms with Gasteiger partial charge >= 0.3 is 0 Å². The Morgan fingerprint density at radius 1 is 1.21 bits per heavy atom. The molecule has 5 heteroatoms. The molecule has 1 aliphatic rings. The molecule has 1 aromatic carbocycles. The SMILES string of the molecule is O=C(/C=C\c1ccsc1)N[C@H]1CCCN(C(=O)c2ccccc2)C1. The summed E-state index contributed by atoms with van der Waals surface area (Å²) in [5, 5.41) is 6.97. The van der Waals surface area contributed by atoms with Gasteiger partial charge in [0, 0.05) is 30.8 Å². The van der Waals surface area contributed by atoms with Crippen molar-refractivity contribution in [1.29, 1.82) is 0 Å². The fourth-order valence-corrected chi connectivity index (χ4v) is 3.46. The summed E-state index contributed by atoms with van der Waals surface area (Å²) in [7, 11) is 0. The van der Waals surface area contributed by atoms with Crippen LogP contribution in [0, 0.1) is 0 Å². The van der Waals surface area contributed by atoms with Crippen molar-refractivity contribution >= 4 is 29.2 Å². The van der Waals surface area contributed by atoms with E-state index in [1.165, 1.54) is 0 Å². The monoisotopic (exact) mass is 340 g/mol. The quantitative estimate of drug-likeness (QED) is 0.869. The molecule has 1 N–H and O–H groups in total. The molecular formula is C19H20N2O2S. The standard InChI is InChI=1S/C19H20N2O2S/c22-18(9-8-15-10-12-24-14-15)20-17-7-4-11-21(13-17)19(23)16-5-2-1-3-6-16/h1-3,5-6,8-10,12,14,17H,4,7,11,13H2,(H,20,22)/b9-8-/t17-/m0/s1. The molecule has 1 aromatic heterocycles. The molecule has 24 heavy (non-hydrogen) atoms.